The number of para-hydroxylation sites is 1. The van der Waals surface area contributed by atoms with Gasteiger partial charge in [-0.05, 0) is 54.3 Å². The van der Waals surface area contributed by atoms with Gasteiger partial charge in [-0.2, -0.15) is 0 Å². The molecule has 0 aromatic heterocycles. The predicted molar refractivity (Wildman–Crippen MR) is 80.8 cm³/mol. The van der Waals surface area contributed by atoms with Gasteiger partial charge in [-0.3, -0.25) is 0 Å². The van der Waals surface area contributed by atoms with Crippen molar-refractivity contribution in [2.45, 2.75) is 26.1 Å². The number of rotatable bonds is 2. The molecular formula is C18H18O2. The zero-order valence-corrected chi connectivity index (χ0v) is 11.7. The molecule has 0 bridgehead atoms. The zero-order valence-electron chi connectivity index (χ0n) is 11.7. The molecule has 0 unspecified atom stereocenters. The van der Waals surface area contributed by atoms with Crippen LogP contribution < -0.4 is 4.74 Å². The van der Waals surface area contributed by atoms with E-state index < -0.39 is 6.10 Å². The summed E-state index contributed by atoms with van der Waals surface area (Å²) in [5, 5.41) is 10.6. The summed E-state index contributed by atoms with van der Waals surface area (Å²) in [6, 6.07) is 13.7. The Morgan fingerprint density at radius 2 is 1.65 bits per heavy atom. The number of hydrogen-bond acceptors (Lipinski definition) is 2. The van der Waals surface area contributed by atoms with Gasteiger partial charge in [0.1, 0.15) is 18.0 Å². The van der Waals surface area contributed by atoms with E-state index in [9.17, 15) is 5.11 Å². The fraction of sp³-hybridized carbons (Fsp3) is 0.222. The molecule has 3 rings (SSSR count). The summed E-state index contributed by atoms with van der Waals surface area (Å²) in [7, 11) is 0. The number of ether oxygens (including phenoxy) is 1. The van der Waals surface area contributed by atoms with E-state index in [4.69, 9.17) is 4.74 Å². The Labute approximate surface area is 119 Å². The number of aliphatic hydroxyl groups is 1. The summed E-state index contributed by atoms with van der Waals surface area (Å²) < 4.78 is 5.88. The minimum atomic E-state index is -0.630. The van der Waals surface area contributed by atoms with Crippen molar-refractivity contribution in [3.8, 4) is 5.75 Å². The first-order valence-corrected chi connectivity index (χ1v) is 6.85. The molecule has 2 heteroatoms. The molecule has 20 heavy (non-hydrogen) atoms. The SMILES string of the molecule is Cc1ccc(C)c2c1C=C[C@H](Oc1ccccc1)[C@@H]2O. The Balaban J connectivity index is 1.94. The van der Waals surface area contributed by atoms with Crippen LogP contribution in [0.5, 0.6) is 5.75 Å². The Kier molecular flexibility index (Phi) is 3.33. The first-order valence-electron chi connectivity index (χ1n) is 6.85. The molecule has 0 aliphatic heterocycles. The molecule has 1 aliphatic carbocycles. The van der Waals surface area contributed by atoms with Gasteiger partial charge in [-0.1, -0.05) is 36.4 Å². The summed E-state index contributed by atoms with van der Waals surface area (Å²) in [5.74, 6) is 0.773. The van der Waals surface area contributed by atoms with Gasteiger partial charge in [0.25, 0.3) is 0 Å². The Hall–Kier alpha value is -2.06. The van der Waals surface area contributed by atoms with Crippen LogP contribution in [0.3, 0.4) is 0 Å². The average molecular weight is 266 g/mol. The molecule has 1 aliphatic rings. The lowest BCUT2D eigenvalue weighted by Crippen LogP contribution is -2.27. The predicted octanol–water partition coefficient (Wildman–Crippen LogP) is 3.81. The van der Waals surface area contributed by atoms with E-state index in [0.717, 1.165) is 22.4 Å². The monoisotopic (exact) mass is 266 g/mol. The second-order valence-corrected chi connectivity index (χ2v) is 5.23. The number of hydrogen-bond donors (Lipinski definition) is 1. The molecular weight excluding hydrogens is 248 g/mol. The van der Waals surface area contributed by atoms with Crippen molar-refractivity contribution in [3.63, 3.8) is 0 Å². The van der Waals surface area contributed by atoms with Crippen LogP contribution in [0.4, 0.5) is 0 Å². The van der Waals surface area contributed by atoms with E-state index in [2.05, 4.69) is 25.1 Å². The molecule has 0 saturated heterocycles. The van der Waals surface area contributed by atoms with Gasteiger partial charge in [-0.15, -0.1) is 0 Å². The molecule has 0 fully saturated rings. The lowest BCUT2D eigenvalue weighted by atomic mass is 9.87. The molecule has 0 saturated carbocycles. The number of aryl methyl sites for hydroxylation is 2. The molecule has 2 aromatic carbocycles. The molecule has 1 N–H and O–H groups in total. The van der Waals surface area contributed by atoms with E-state index >= 15 is 0 Å². The Bertz CT molecular complexity index is 644. The van der Waals surface area contributed by atoms with Crippen LogP contribution in [0, 0.1) is 13.8 Å². The number of aliphatic hydroxyl groups excluding tert-OH is 1. The second-order valence-electron chi connectivity index (χ2n) is 5.23. The highest BCUT2D eigenvalue weighted by Crippen LogP contribution is 2.34. The van der Waals surface area contributed by atoms with Crippen molar-refractivity contribution in [2.75, 3.05) is 0 Å². The maximum Gasteiger partial charge on any atom is 0.147 e. The van der Waals surface area contributed by atoms with Gasteiger partial charge < -0.3 is 9.84 Å². The highest BCUT2D eigenvalue weighted by molar-refractivity contribution is 5.63. The highest BCUT2D eigenvalue weighted by Gasteiger charge is 2.28. The fourth-order valence-corrected chi connectivity index (χ4v) is 2.69. The van der Waals surface area contributed by atoms with Crippen LogP contribution in [-0.2, 0) is 0 Å². The van der Waals surface area contributed by atoms with E-state index in [0.29, 0.717) is 0 Å². The summed E-state index contributed by atoms with van der Waals surface area (Å²) in [4.78, 5) is 0. The summed E-state index contributed by atoms with van der Waals surface area (Å²) in [5.41, 5.74) is 4.38. The van der Waals surface area contributed by atoms with Crippen LogP contribution in [0.2, 0.25) is 0 Å². The third kappa shape index (κ3) is 2.23. The number of benzene rings is 2. The summed E-state index contributed by atoms with van der Waals surface area (Å²) >= 11 is 0. The van der Waals surface area contributed by atoms with Gasteiger partial charge in [0.05, 0.1) is 0 Å². The molecule has 0 amide bonds. The van der Waals surface area contributed by atoms with Gasteiger partial charge in [0.2, 0.25) is 0 Å². The average Bonchev–Trinajstić information content (AvgIpc) is 2.46. The minimum absolute atomic E-state index is 0.342. The van der Waals surface area contributed by atoms with Gasteiger partial charge in [0.15, 0.2) is 0 Å². The van der Waals surface area contributed by atoms with Gasteiger partial charge in [0, 0.05) is 0 Å². The second kappa shape index (κ2) is 5.14. The van der Waals surface area contributed by atoms with Crippen LogP contribution in [0.15, 0.2) is 48.5 Å². The zero-order chi connectivity index (χ0) is 14.1. The summed E-state index contributed by atoms with van der Waals surface area (Å²) in [6.07, 6.45) is 3.02. The van der Waals surface area contributed by atoms with Crippen molar-refractivity contribution < 1.29 is 9.84 Å². The quantitative estimate of drug-likeness (QED) is 0.895. The molecule has 2 atom stereocenters. The van der Waals surface area contributed by atoms with Gasteiger partial charge >= 0.3 is 0 Å². The van der Waals surface area contributed by atoms with E-state index in [-0.39, 0.29) is 6.10 Å². The highest BCUT2D eigenvalue weighted by atomic mass is 16.5. The maximum atomic E-state index is 10.6. The Morgan fingerprint density at radius 1 is 0.950 bits per heavy atom. The van der Waals surface area contributed by atoms with Gasteiger partial charge in [-0.25, -0.2) is 0 Å². The van der Waals surface area contributed by atoms with E-state index in [1.54, 1.807) is 0 Å². The lowest BCUT2D eigenvalue weighted by Gasteiger charge is -2.28. The van der Waals surface area contributed by atoms with Crippen LogP contribution in [0.25, 0.3) is 6.08 Å². The van der Waals surface area contributed by atoms with Crippen LogP contribution >= 0.6 is 0 Å². The molecule has 0 heterocycles. The number of fused-ring (bicyclic) bond motifs is 1. The molecule has 2 aromatic rings. The maximum absolute atomic E-state index is 10.6. The smallest absolute Gasteiger partial charge is 0.147 e. The third-order valence-corrected chi connectivity index (χ3v) is 3.80. The molecule has 0 radical (unpaired) electrons. The van der Waals surface area contributed by atoms with E-state index in [1.807, 2.05) is 43.3 Å². The molecule has 102 valence electrons. The standard InChI is InChI=1S/C18H18O2/c1-12-8-9-13(2)17-15(12)10-11-16(18(17)19)20-14-6-4-3-5-7-14/h3-11,16,18-19H,1-2H3/t16-,18-/m0/s1. The van der Waals surface area contributed by atoms with Crippen LogP contribution in [-0.4, -0.2) is 11.2 Å². The van der Waals surface area contributed by atoms with Crippen molar-refractivity contribution in [3.05, 3.63) is 70.8 Å². The Morgan fingerprint density at radius 3 is 2.40 bits per heavy atom. The van der Waals surface area contributed by atoms with Crippen LogP contribution in [0.1, 0.15) is 28.4 Å². The van der Waals surface area contributed by atoms with Crippen molar-refractivity contribution in [1.29, 1.82) is 0 Å². The minimum Gasteiger partial charge on any atom is -0.483 e. The largest absolute Gasteiger partial charge is 0.483 e. The topological polar surface area (TPSA) is 29.5 Å². The normalized spacial score (nSPS) is 20.6. The van der Waals surface area contributed by atoms with Crippen molar-refractivity contribution >= 4 is 6.08 Å². The lowest BCUT2D eigenvalue weighted by molar-refractivity contribution is 0.0618. The fourth-order valence-electron chi connectivity index (χ4n) is 2.69. The van der Waals surface area contributed by atoms with Crippen molar-refractivity contribution in [1.82, 2.24) is 0 Å². The third-order valence-electron chi connectivity index (χ3n) is 3.80. The molecule has 0 spiro atoms. The van der Waals surface area contributed by atoms with Crippen molar-refractivity contribution in [2.24, 2.45) is 0 Å². The molecule has 2 nitrogen and oxygen atoms in total. The first kappa shape index (κ1) is 12.9. The summed E-state index contributed by atoms with van der Waals surface area (Å²) in [6.45, 7) is 4.09. The van der Waals surface area contributed by atoms with E-state index in [1.165, 1.54) is 5.56 Å². The first-order chi connectivity index (χ1) is 9.66.